The lowest BCUT2D eigenvalue weighted by Gasteiger charge is -2.27. The molecule has 3 nitrogen and oxygen atoms in total. The Labute approximate surface area is 163 Å². The Balaban J connectivity index is 1.82. The fraction of sp³-hybridized carbons (Fsp3) is 0.120. The molecule has 1 spiro atoms. The highest BCUT2D eigenvalue weighted by Gasteiger charge is 2.71. The van der Waals surface area contributed by atoms with Gasteiger partial charge in [-0.1, -0.05) is 12.1 Å². The molecule has 0 N–H and O–H groups in total. The van der Waals surface area contributed by atoms with E-state index < -0.39 is 5.66 Å². The molecule has 7 rings (SSSR count). The molecule has 0 saturated heterocycles. The Morgan fingerprint density at radius 2 is 1.14 bits per heavy atom. The van der Waals surface area contributed by atoms with E-state index in [2.05, 4.69) is 96.0 Å². The van der Waals surface area contributed by atoms with Gasteiger partial charge in [-0.2, -0.15) is 0 Å². The smallest absolute Gasteiger partial charge is 0.424 e. The summed E-state index contributed by atoms with van der Waals surface area (Å²) >= 11 is 0. The minimum absolute atomic E-state index is 0.432. The summed E-state index contributed by atoms with van der Waals surface area (Å²) in [5.74, 6) is 2.00. The molecule has 4 aromatic rings. The first-order valence-electron chi connectivity index (χ1n) is 9.72. The van der Waals surface area contributed by atoms with E-state index >= 15 is 0 Å². The van der Waals surface area contributed by atoms with Crippen molar-refractivity contribution in [1.82, 2.24) is 0 Å². The fourth-order valence-electron chi connectivity index (χ4n) is 5.47. The molecule has 2 aromatic heterocycles. The van der Waals surface area contributed by atoms with Crippen LogP contribution in [0.25, 0.3) is 22.5 Å². The van der Waals surface area contributed by atoms with Crippen LogP contribution < -0.4 is 13.9 Å². The minimum Gasteiger partial charge on any atom is -0.455 e. The van der Waals surface area contributed by atoms with Gasteiger partial charge in [-0.3, -0.25) is 0 Å². The third kappa shape index (κ3) is 1.33. The molecule has 3 aliphatic rings. The predicted molar refractivity (Wildman–Crippen MR) is 105 cm³/mol. The van der Waals surface area contributed by atoms with Gasteiger partial charge in [0, 0.05) is 24.3 Å². The first kappa shape index (κ1) is 14.6. The number of nitrogens with zero attached hydrogens (tertiary/aromatic N) is 2. The molecule has 3 aliphatic heterocycles. The number of rotatable bonds is 0. The minimum atomic E-state index is -0.432. The quantitative estimate of drug-likeness (QED) is 0.369. The second kappa shape index (κ2) is 4.50. The van der Waals surface area contributed by atoms with Crippen molar-refractivity contribution in [3.8, 4) is 34.0 Å². The molecule has 0 bridgehead atoms. The van der Waals surface area contributed by atoms with Crippen LogP contribution >= 0.6 is 0 Å². The molecule has 0 atom stereocenters. The van der Waals surface area contributed by atoms with Crippen LogP contribution in [0.5, 0.6) is 11.5 Å². The zero-order valence-electron chi connectivity index (χ0n) is 15.7. The topological polar surface area (TPSA) is 17.0 Å². The van der Waals surface area contributed by atoms with Crippen molar-refractivity contribution < 1.29 is 13.9 Å². The molecule has 0 radical (unpaired) electrons. The fourth-order valence-corrected chi connectivity index (χ4v) is 5.47. The number of aryl methyl sites for hydroxylation is 2. The summed E-state index contributed by atoms with van der Waals surface area (Å²) in [6, 6.07) is 21.8. The highest BCUT2D eigenvalue weighted by molar-refractivity contribution is 5.81. The Bertz CT molecular complexity index is 1260. The largest absolute Gasteiger partial charge is 0.455 e. The second-order valence-electron chi connectivity index (χ2n) is 7.95. The van der Waals surface area contributed by atoms with Crippen molar-refractivity contribution >= 4 is 0 Å². The highest BCUT2D eigenvalue weighted by Crippen LogP contribution is 2.58. The first-order valence-corrected chi connectivity index (χ1v) is 9.72. The van der Waals surface area contributed by atoms with Crippen molar-refractivity contribution in [2.75, 3.05) is 0 Å². The van der Waals surface area contributed by atoms with E-state index in [1.165, 1.54) is 44.8 Å². The van der Waals surface area contributed by atoms with Gasteiger partial charge in [0.1, 0.15) is 11.5 Å². The van der Waals surface area contributed by atoms with Gasteiger partial charge in [0.2, 0.25) is 11.4 Å². The Kier molecular flexibility index (Phi) is 2.34. The molecular weight excluding hydrogens is 344 g/mol. The maximum absolute atomic E-state index is 6.65. The summed E-state index contributed by atoms with van der Waals surface area (Å²) in [4.78, 5) is 0. The van der Waals surface area contributed by atoms with E-state index in [1.54, 1.807) is 0 Å². The number of hydrogen-bond donors (Lipinski definition) is 0. The van der Waals surface area contributed by atoms with Crippen molar-refractivity contribution in [2.24, 2.45) is 0 Å². The molecular formula is C25H18N2O+2. The molecule has 0 aliphatic carbocycles. The van der Waals surface area contributed by atoms with E-state index in [-0.39, 0.29) is 0 Å². The lowest BCUT2D eigenvalue weighted by molar-refractivity contribution is -0.955. The third-order valence-electron chi connectivity index (χ3n) is 6.58. The number of aromatic nitrogens is 2. The van der Waals surface area contributed by atoms with Crippen LogP contribution in [0.15, 0.2) is 73.1 Å². The summed E-state index contributed by atoms with van der Waals surface area (Å²) < 4.78 is 11.5. The molecule has 0 amide bonds. The summed E-state index contributed by atoms with van der Waals surface area (Å²) in [6.07, 6.45) is 4.43. The van der Waals surface area contributed by atoms with Crippen LogP contribution in [0, 0.1) is 13.8 Å². The van der Waals surface area contributed by atoms with Crippen molar-refractivity contribution in [3.63, 3.8) is 0 Å². The first-order chi connectivity index (χ1) is 13.7. The zero-order valence-corrected chi connectivity index (χ0v) is 15.7. The number of fused-ring (bicyclic) bond motifs is 4. The summed E-state index contributed by atoms with van der Waals surface area (Å²) in [7, 11) is 0. The molecule has 2 aromatic carbocycles. The van der Waals surface area contributed by atoms with E-state index in [4.69, 9.17) is 4.74 Å². The number of benzene rings is 2. The van der Waals surface area contributed by atoms with Crippen LogP contribution in [0.1, 0.15) is 22.3 Å². The van der Waals surface area contributed by atoms with Gasteiger partial charge in [0.25, 0.3) is 0 Å². The monoisotopic (exact) mass is 362 g/mol. The Hall–Kier alpha value is -3.46. The average Bonchev–Trinajstić information content (AvgIpc) is 3.20. The number of pyridine rings is 2. The molecule has 0 unspecified atom stereocenters. The highest BCUT2D eigenvalue weighted by atomic mass is 16.5. The normalized spacial score (nSPS) is 15.4. The SMILES string of the molecule is Cc1ccc2c3c1Oc1c(C)ccc4c1C3([n+]1ccccc1-2)[n+]1ccccc1-4. The summed E-state index contributed by atoms with van der Waals surface area (Å²) in [6.45, 7) is 4.29. The van der Waals surface area contributed by atoms with Crippen LogP contribution in [0.4, 0.5) is 0 Å². The van der Waals surface area contributed by atoms with Gasteiger partial charge in [-0.25, -0.2) is 0 Å². The second-order valence-corrected chi connectivity index (χ2v) is 7.95. The third-order valence-corrected chi connectivity index (χ3v) is 6.58. The molecule has 28 heavy (non-hydrogen) atoms. The molecule has 5 heterocycles. The number of ether oxygens (including phenoxy) is 1. The van der Waals surface area contributed by atoms with Gasteiger partial charge in [-0.05, 0) is 49.2 Å². The standard InChI is InChI=1S/C25H18N2O/c1-15-9-11-17-19-7-3-5-13-26(19)25-21(17)23(15)28-24-16(2)10-12-18(22(24)25)20-8-4-6-14-27(20)25/h3-14H,1-2H3/q+2. The van der Waals surface area contributed by atoms with Crippen molar-refractivity contribution in [1.29, 1.82) is 0 Å². The van der Waals surface area contributed by atoms with Crippen LogP contribution in [-0.2, 0) is 5.66 Å². The van der Waals surface area contributed by atoms with E-state index in [1.807, 2.05) is 0 Å². The van der Waals surface area contributed by atoms with Crippen molar-refractivity contribution in [3.05, 3.63) is 95.3 Å². The van der Waals surface area contributed by atoms with Gasteiger partial charge >= 0.3 is 5.66 Å². The Morgan fingerprint density at radius 3 is 1.64 bits per heavy atom. The molecule has 132 valence electrons. The van der Waals surface area contributed by atoms with Gasteiger partial charge in [0.05, 0.1) is 11.1 Å². The summed E-state index contributed by atoms with van der Waals surface area (Å²) in [5.41, 5.74) is 9.39. The Morgan fingerprint density at radius 1 is 0.643 bits per heavy atom. The van der Waals surface area contributed by atoms with Crippen molar-refractivity contribution in [2.45, 2.75) is 19.5 Å². The van der Waals surface area contributed by atoms with E-state index in [0.717, 1.165) is 11.5 Å². The maximum Gasteiger partial charge on any atom is 0.424 e. The average molecular weight is 362 g/mol. The van der Waals surface area contributed by atoms with E-state index in [9.17, 15) is 0 Å². The van der Waals surface area contributed by atoms with Crippen LogP contribution in [0.3, 0.4) is 0 Å². The number of hydrogen-bond acceptors (Lipinski definition) is 1. The molecule has 0 saturated carbocycles. The molecule has 0 fully saturated rings. The van der Waals surface area contributed by atoms with Gasteiger partial charge in [0.15, 0.2) is 23.5 Å². The van der Waals surface area contributed by atoms with E-state index in [0.29, 0.717) is 0 Å². The molecule has 3 heteroatoms. The van der Waals surface area contributed by atoms with Gasteiger partial charge in [-0.15, -0.1) is 9.13 Å². The van der Waals surface area contributed by atoms with Gasteiger partial charge < -0.3 is 4.74 Å². The van der Waals surface area contributed by atoms with Crippen LogP contribution in [-0.4, -0.2) is 0 Å². The maximum atomic E-state index is 6.65. The zero-order chi connectivity index (χ0) is 18.6. The lowest BCUT2D eigenvalue weighted by Crippen LogP contribution is -2.71. The summed E-state index contributed by atoms with van der Waals surface area (Å²) in [5, 5.41) is 0. The lowest BCUT2D eigenvalue weighted by atomic mass is 9.84. The predicted octanol–water partition coefficient (Wildman–Crippen LogP) is 4.24. The van der Waals surface area contributed by atoms with Crippen LogP contribution in [0.2, 0.25) is 0 Å².